The number of nitrogens with one attached hydrogen (secondary N) is 1. The molecule has 1 N–H and O–H groups in total. The maximum atomic E-state index is 11.8. The number of pyridine rings is 1. The van der Waals surface area contributed by atoms with Gasteiger partial charge in [0, 0.05) is 12.4 Å². The topological polar surface area (TPSA) is 51.2 Å². The Morgan fingerprint density at radius 2 is 2.22 bits per heavy atom. The molecule has 1 heterocycles. The van der Waals surface area contributed by atoms with Crippen LogP contribution in [0, 0.1) is 0 Å². The van der Waals surface area contributed by atoms with E-state index in [-0.39, 0.29) is 5.97 Å². The molecule has 1 aromatic heterocycles. The minimum absolute atomic E-state index is 0.341. The van der Waals surface area contributed by atoms with Crippen molar-refractivity contribution in [2.24, 2.45) is 0 Å². The molecule has 2 rings (SSSR count). The molecule has 0 atom stereocenters. The fourth-order valence-electron chi connectivity index (χ4n) is 2.00. The van der Waals surface area contributed by atoms with Gasteiger partial charge in [0.15, 0.2) is 0 Å². The lowest BCUT2D eigenvalue weighted by atomic mass is 10.0. The Balaban J connectivity index is 2.80. The van der Waals surface area contributed by atoms with E-state index >= 15 is 0 Å². The van der Waals surface area contributed by atoms with Crippen LogP contribution in [0.3, 0.4) is 0 Å². The molecule has 0 aliphatic heterocycles. The molecule has 4 heteroatoms. The zero-order valence-electron chi connectivity index (χ0n) is 10.8. The van der Waals surface area contributed by atoms with Gasteiger partial charge in [-0.25, -0.2) is 9.78 Å². The Morgan fingerprint density at radius 1 is 1.44 bits per heavy atom. The lowest BCUT2D eigenvalue weighted by Crippen LogP contribution is -2.05. The molecular weight excluding hydrogens is 228 g/mol. The first-order valence-electron chi connectivity index (χ1n) is 5.90. The lowest BCUT2D eigenvalue weighted by Gasteiger charge is -2.10. The number of para-hydroxylation sites is 1. The summed E-state index contributed by atoms with van der Waals surface area (Å²) in [6.45, 7) is 2.07. The molecule has 0 amide bonds. The molecule has 0 saturated heterocycles. The highest BCUT2D eigenvalue weighted by atomic mass is 16.5. The van der Waals surface area contributed by atoms with E-state index < -0.39 is 0 Å². The number of carbonyl (C=O) groups excluding carboxylic acids is 1. The summed E-state index contributed by atoms with van der Waals surface area (Å²) in [6, 6.07) is 7.57. The quantitative estimate of drug-likeness (QED) is 0.843. The highest BCUT2D eigenvalue weighted by molar-refractivity contribution is 6.05. The lowest BCUT2D eigenvalue weighted by molar-refractivity contribution is 0.0603. The molecule has 0 radical (unpaired) electrons. The van der Waals surface area contributed by atoms with Gasteiger partial charge in [0.05, 0.1) is 18.2 Å². The van der Waals surface area contributed by atoms with Crippen molar-refractivity contribution >= 4 is 22.7 Å². The molecule has 4 nitrogen and oxygen atoms in total. The number of hydrogen-bond donors (Lipinski definition) is 1. The molecule has 0 aliphatic rings. The number of esters is 1. The molecular formula is C14H16N2O2. The average Bonchev–Trinajstić information content (AvgIpc) is 2.44. The first-order valence-corrected chi connectivity index (χ1v) is 5.90. The highest BCUT2D eigenvalue weighted by Crippen LogP contribution is 2.24. The number of nitrogens with zero attached hydrogens (tertiary/aromatic N) is 1. The molecule has 0 spiro atoms. The minimum Gasteiger partial charge on any atom is -0.465 e. The summed E-state index contributed by atoms with van der Waals surface area (Å²) in [5, 5.41) is 3.80. The van der Waals surface area contributed by atoms with Crippen LogP contribution in [-0.2, 0) is 11.2 Å². The van der Waals surface area contributed by atoms with Crippen LogP contribution in [0.1, 0.15) is 22.8 Å². The van der Waals surface area contributed by atoms with Crippen LogP contribution in [0.15, 0.2) is 24.3 Å². The van der Waals surface area contributed by atoms with Gasteiger partial charge >= 0.3 is 5.97 Å². The number of anilines is 1. The number of rotatable bonds is 3. The monoisotopic (exact) mass is 244 g/mol. The van der Waals surface area contributed by atoms with Gasteiger partial charge in [-0.1, -0.05) is 25.1 Å². The maximum absolute atomic E-state index is 11.8. The zero-order valence-corrected chi connectivity index (χ0v) is 10.8. The number of methoxy groups -OCH3 is 1. The number of benzene rings is 1. The third kappa shape index (κ3) is 2.01. The fraction of sp³-hybridized carbons (Fsp3) is 0.286. The molecule has 0 bridgehead atoms. The Morgan fingerprint density at radius 3 is 2.83 bits per heavy atom. The van der Waals surface area contributed by atoms with Crippen molar-refractivity contribution in [2.45, 2.75) is 13.3 Å². The van der Waals surface area contributed by atoms with Gasteiger partial charge < -0.3 is 10.1 Å². The zero-order chi connectivity index (χ0) is 13.1. The molecule has 1 aromatic carbocycles. The largest absolute Gasteiger partial charge is 0.465 e. The Labute approximate surface area is 106 Å². The summed E-state index contributed by atoms with van der Waals surface area (Å²) in [6.07, 6.45) is 0.873. The summed E-state index contributed by atoms with van der Waals surface area (Å²) in [5.74, 6) is 0.330. The Kier molecular flexibility index (Phi) is 3.46. The number of aryl methyl sites for hydroxylation is 1. The predicted molar refractivity (Wildman–Crippen MR) is 72.0 cm³/mol. The third-order valence-electron chi connectivity index (χ3n) is 2.97. The van der Waals surface area contributed by atoms with Crippen LogP contribution in [0.2, 0.25) is 0 Å². The van der Waals surface area contributed by atoms with Crippen molar-refractivity contribution in [3.05, 3.63) is 35.4 Å². The Bertz CT molecular complexity index is 594. The standard InChI is InChI=1S/C14H16N2O2/c1-4-9-6-5-7-10-11(14(17)18-3)8-12(15-2)16-13(9)10/h5-8H,4H2,1-3H3,(H,15,16). The van der Waals surface area contributed by atoms with Crippen LogP contribution in [0.4, 0.5) is 5.82 Å². The van der Waals surface area contributed by atoms with E-state index in [4.69, 9.17) is 4.74 Å². The van der Waals surface area contributed by atoms with Gasteiger partial charge in [0.1, 0.15) is 5.82 Å². The second-order valence-electron chi connectivity index (χ2n) is 3.96. The van der Waals surface area contributed by atoms with Crippen molar-refractivity contribution in [1.82, 2.24) is 4.98 Å². The second-order valence-corrected chi connectivity index (χ2v) is 3.96. The summed E-state index contributed by atoms with van der Waals surface area (Å²) in [5.41, 5.74) is 2.52. The van der Waals surface area contributed by atoms with E-state index in [9.17, 15) is 4.79 Å². The summed E-state index contributed by atoms with van der Waals surface area (Å²) in [7, 11) is 3.17. The van der Waals surface area contributed by atoms with Crippen molar-refractivity contribution in [3.63, 3.8) is 0 Å². The van der Waals surface area contributed by atoms with Gasteiger partial charge in [-0.3, -0.25) is 0 Å². The van der Waals surface area contributed by atoms with E-state index in [0.29, 0.717) is 11.4 Å². The first kappa shape index (κ1) is 12.4. The molecule has 94 valence electrons. The maximum Gasteiger partial charge on any atom is 0.338 e. The van der Waals surface area contributed by atoms with Crippen LogP contribution in [0.5, 0.6) is 0 Å². The average molecular weight is 244 g/mol. The molecule has 0 fully saturated rings. The normalized spacial score (nSPS) is 10.4. The highest BCUT2D eigenvalue weighted by Gasteiger charge is 2.14. The van der Waals surface area contributed by atoms with Gasteiger partial charge in [0.2, 0.25) is 0 Å². The van der Waals surface area contributed by atoms with E-state index in [0.717, 1.165) is 22.9 Å². The van der Waals surface area contributed by atoms with Crippen molar-refractivity contribution < 1.29 is 9.53 Å². The number of hydrogen-bond acceptors (Lipinski definition) is 4. The number of carbonyl (C=O) groups is 1. The molecule has 0 saturated carbocycles. The minimum atomic E-state index is -0.341. The van der Waals surface area contributed by atoms with Crippen LogP contribution < -0.4 is 5.32 Å². The summed E-state index contributed by atoms with van der Waals surface area (Å²) >= 11 is 0. The predicted octanol–water partition coefficient (Wildman–Crippen LogP) is 2.63. The van der Waals surface area contributed by atoms with Gasteiger partial charge in [-0.05, 0) is 18.1 Å². The second kappa shape index (κ2) is 5.04. The van der Waals surface area contributed by atoms with Gasteiger partial charge in [-0.15, -0.1) is 0 Å². The van der Waals surface area contributed by atoms with Crippen LogP contribution >= 0.6 is 0 Å². The first-order chi connectivity index (χ1) is 8.71. The van der Waals surface area contributed by atoms with Crippen molar-refractivity contribution in [1.29, 1.82) is 0 Å². The number of aromatic nitrogens is 1. The van der Waals surface area contributed by atoms with Gasteiger partial charge in [0.25, 0.3) is 0 Å². The fourth-order valence-corrected chi connectivity index (χ4v) is 2.00. The third-order valence-corrected chi connectivity index (χ3v) is 2.97. The van der Waals surface area contributed by atoms with E-state index in [1.165, 1.54) is 7.11 Å². The van der Waals surface area contributed by atoms with Crippen LogP contribution in [0.25, 0.3) is 10.9 Å². The van der Waals surface area contributed by atoms with Crippen molar-refractivity contribution in [2.75, 3.05) is 19.5 Å². The number of fused-ring (bicyclic) bond motifs is 1. The van der Waals surface area contributed by atoms with E-state index in [1.807, 2.05) is 18.2 Å². The summed E-state index contributed by atoms with van der Waals surface area (Å²) < 4.78 is 4.82. The van der Waals surface area contributed by atoms with Gasteiger partial charge in [-0.2, -0.15) is 0 Å². The molecule has 0 aliphatic carbocycles. The molecule has 2 aromatic rings. The molecule has 0 unspecified atom stereocenters. The van der Waals surface area contributed by atoms with E-state index in [2.05, 4.69) is 17.2 Å². The number of ether oxygens (including phenoxy) is 1. The van der Waals surface area contributed by atoms with E-state index in [1.54, 1.807) is 13.1 Å². The van der Waals surface area contributed by atoms with Crippen LogP contribution in [-0.4, -0.2) is 25.1 Å². The SMILES string of the molecule is CCc1cccc2c(C(=O)OC)cc(NC)nc12. The van der Waals surface area contributed by atoms with Crippen molar-refractivity contribution in [3.8, 4) is 0 Å². The smallest absolute Gasteiger partial charge is 0.338 e. The Hall–Kier alpha value is -2.10. The summed E-state index contributed by atoms with van der Waals surface area (Å²) in [4.78, 5) is 16.3. The molecule has 18 heavy (non-hydrogen) atoms.